The number of imidazole rings is 2. The average Bonchev–Trinajstić information content (AvgIpc) is 3.12. The van der Waals surface area contributed by atoms with Crippen molar-refractivity contribution < 1.29 is 27.0 Å². The highest BCUT2D eigenvalue weighted by Crippen LogP contribution is 2.41. The summed E-state index contributed by atoms with van der Waals surface area (Å²) in [5.74, 6) is -0.472. The van der Waals surface area contributed by atoms with Gasteiger partial charge in [0.15, 0.2) is 9.54 Å². The van der Waals surface area contributed by atoms with Gasteiger partial charge in [-0.15, -0.1) is 0 Å². The number of aromatic nitrogens is 4. The van der Waals surface area contributed by atoms with Crippen molar-refractivity contribution in [2.75, 3.05) is 0 Å². The van der Waals surface area contributed by atoms with E-state index >= 15 is 0 Å². The van der Waals surface area contributed by atoms with Crippen LogP contribution in [0.3, 0.4) is 0 Å². The molecule has 0 fully saturated rings. The zero-order chi connectivity index (χ0) is 20.0. The Labute approximate surface area is 163 Å². The molecule has 0 spiro atoms. The maximum atomic E-state index is 13.0. The van der Waals surface area contributed by atoms with Crippen molar-refractivity contribution >= 4 is 46.5 Å². The standard InChI is InChI=1S/C16H10F4N4O2S2/c17-13(18)25-11-3-9-7(21-15(27)23-9)1-5(11)6-2-8-10(24-16(28)22-8)4-12(6)26-14(19)20/h1-4,13-14H,(H2,21,23,27)(H2,22,24,28). The van der Waals surface area contributed by atoms with E-state index in [-0.39, 0.29) is 32.2 Å². The first kappa shape index (κ1) is 18.5. The zero-order valence-corrected chi connectivity index (χ0v) is 15.2. The molecule has 0 unspecified atom stereocenters. The first-order chi connectivity index (χ1) is 13.3. The topological polar surface area (TPSA) is 81.6 Å². The second kappa shape index (κ2) is 6.95. The van der Waals surface area contributed by atoms with Crippen molar-refractivity contribution in [1.29, 1.82) is 0 Å². The molecule has 6 nitrogen and oxygen atoms in total. The van der Waals surface area contributed by atoms with E-state index in [1.165, 1.54) is 24.3 Å². The zero-order valence-electron chi connectivity index (χ0n) is 13.6. The summed E-state index contributed by atoms with van der Waals surface area (Å²) >= 11 is 10.0. The molecular weight excluding hydrogens is 420 g/mol. The van der Waals surface area contributed by atoms with Gasteiger partial charge in [0.25, 0.3) is 0 Å². The number of nitrogens with one attached hydrogen (secondary N) is 4. The van der Waals surface area contributed by atoms with Crippen LogP contribution < -0.4 is 9.47 Å². The number of aromatic amines is 4. The Morgan fingerprint density at radius 2 is 0.929 bits per heavy atom. The van der Waals surface area contributed by atoms with Crippen LogP contribution in [0.15, 0.2) is 24.3 Å². The quantitative estimate of drug-likeness (QED) is 0.244. The maximum Gasteiger partial charge on any atom is 0.387 e. The van der Waals surface area contributed by atoms with Crippen molar-refractivity contribution in [3.63, 3.8) is 0 Å². The second-order valence-corrected chi connectivity index (χ2v) is 6.52. The molecule has 12 heteroatoms. The molecule has 28 heavy (non-hydrogen) atoms. The fraction of sp³-hybridized carbons (Fsp3) is 0.125. The number of halogens is 4. The fourth-order valence-corrected chi connectivity index (χ4v) is 3.37. The van der Waals surface area contributed by atoms with Crippen LogP contribution in [0, 0.1) is 9.54 Å². The number of alkyl halides is 4. The Kier molecular flexibility index (Phi) is 4.59. The van der Waals surface area contributed by atoms with Gasteiger partial charge in [-0.1, -0.05) is 0 Å². The maximum absolute atomic E-state index is 13.0. The van der Waals surface area contributed by atoms with E-state index < -0.39 is 13.2 Å². The molecule has 4 N–H and O–H groups in total. The SMILES string of the molecule is FC(F)Oc1cc2[nH]c(=S)[nH]c2cc1-c1cc2[nH]c(=S)[nH]c2cc1OC(F)F. The van der Waals surface area contributed by atoms with Gasteiger partial charge >= 0.3 is 13.2 Å². The highest BCUT2D eigenvalue weighted by Gasteiger charge is 2.20. The number of fused-ring (bicyclic) bond motifs is 2. The summed E-state index contributed by atoms with van der Waals surface area (Å²) in [6.45, 7) is -6.25. The third-order valence-corrected chi connectivity index (χ3v) is 4.36. The lowest BCUT2D eigenvalue weighted by molar-refractivity contribution is -0.0512. The molecule has 4 aromatic rings. The number of ether oxygens (including phenoxy) is 2. The van der Waals surface area contributed by atoms with Crippen molar-refractivity contribution in [2.24, 2.45) is 0 Å². The third-order valence-electron chi connectivity index (χ3n) is 3.95. The van der Waals surface area contributed by atoms with Gasteiger partial charge < -0.3 is 29.4 Å². The number of rotatable bonds is 5. The molecule has 0 saturated heterocycles. The van der Waals surface area contributed by atoms with Gasteiger partial charge in [0.2, 0.25) is 0 Å². The molecule has 0 radical (unpaired) electrons. The van der Waals surface area contributed by atoms with Crippen LogP contribution in [0.1, 0.15) is 0 Å². The summed E-state index contributed by atoms with van der Waals surface area (Å²) in [4.78, 5) is 11.3. The minimum absolute atomic E-state index is 0.108. The highest BCUT2D eigenvalue weighted by atomic mass is 32.1. The largest absolute Gasteiger partial charge is 0.434 e. The third kappa shape index (κ3) is 3.47. The van der Waals surface area contributed by atoms with Crippen LogP contribution in [0.4, 0.5) is 17.6 Å². The van der Waals surface area contributed by atoms with Gasteiger partial charge in [-0.25, -0.2) is 0 Å². The molecule has 0 atom stereocenters. The molecule has 0 saturated carbocycles. The molecule has 146 valence electrons. The van der Waals surface area contributed by atoms with Crippen molar-refractivity contribution in [2.45, 2.75) is 13.2 Å². The van der Waals surface area contributed by atoms with Crippen LogP contribution in [0.25, 0.3) is 33.2 Å². The minimum Gasteiger partial charge on any atom is -0.434 e. The van der Waals surface area contributed by atoms with Gasteiger partial charge in [-0.3, -0.25) is 0 Å². The van der Waals surface area contributed by atoms with Crippen LogP contribution in [0.5, 0.6) is 11.5 Å². The second-order valence-electron chi connectivity index (χ2n) is 5.70. The monoisotopic (exact) mass is 430 g/mol. The lowest BCUT2D eigenvalue weighted by Crippen LogP contribution is -2.06. The lowest BCUT2D eigenvalue weighted by atomic mass is 10.0. The van der Waals surface area contributed by atoms with Crippen molar-refractivity contribution in [3.8, 4) is 22.6 Å². The molecule has 2 heterocycles. The van der Waals surface area contributed by atoms with E-state index in [1.807, 2.05) is 0 Å². The lowest BCUT2D eigenvalue weighted by Gasteiger charge is -2.15. The smallest absolute Gasteiger partial charge is 0.387 e. The summed E-state index contributed by atoms with van der Waals surface area (Å²) in [5.41, 5.74) is 2.01. The summed E-state index contributed by atoms with van der Waals surface area (Å²) in [6, 6.07) is 5.53. The summed E-state index contributed by atoms with van der Waals surface area (Å²) in [5, 5.41) is 0. The Morgan fingerprint density at radius 3 is 1.25 bits per heavy atom. The van der Waals surface area contributed by atoms with E-state index in [4.69, 9.17) is 24.4 Å². The normalized spacial score (nSPS) is 11.8. The van der Waals surface area contributed by atoms with Crippen molar-refractivity contribution in [3.05, 3.63) is 33.8 Å². The molecule has 0 aliphatic carbocycles. The van der Waals surface area contributed by atoms with E-state index in [0.29, 0.717) is 22.1 Å². The van der Waals surface area contributed by atoms with Gasteiger partial charge in [0, 0.05) is 23.3 Å². The highest BCUT2D eigenvalue weighted by molar-refractivity contribution is 7.71. The van der Waals surface area contributed by atoms with Gasteiger partial charge in [-0.05, 0) is 36.6 Å². The Balaban J connectivity index is 2.02. The van der Waals surface area contributed by atoms with Gasteiger partial charge in [0.1, 0.15) is 11.5 Å². The summed E-state index contributed by atoms with van der Waals surface area (Å²) < 4.78 is 61.6. The first-order valence-electron chi connectivity index (χ1n) is 7.72. The molecule has 0 amide bonds. The van der Waals surface area contributed by atoms with Crippen LogP contribution in [-0.4, -0.2) is 33.2 Å². The average molecular weight is 430 g/mol. The molecular formula is C16H10F4N4O2S2. The van der Waals surface area contributed by atoms with Gasteiger partial charge in [-0.2, -0.15) is 17.6 Å². The first-order valence-corrected chi connectivity index (χ1v) is 8.54. The Bertz CT molecular complexity index is 1190. The van der Waals surface area contributed by atoms with E-state index in [0.717, 1.165) is 0 Å². The summed E-state index contributed by atoms with van der Waals surface area (Å²) in [7, 11) is 0. The molecule has 0 bridgehead atoms. The van der Waals surface area contributed by atoms with E-state index in [1.54, 1.807) is 0 Å². The van der Waals surface area contributed by atoms with Crippen LogP contribution in [-0.2, 0) is 0 Å². The minimum atomic E-state index is -3.13. The molecule has 2 aromatic carbocycles. The predicted molar refractivity (Wildman–Crippen MR) is 99.2 cm³/mol. The van der Waals surface area contributed by atoms with Gasteiger partial charge in [0.05, 0.1) is 22.1 Å². The number of hydrogen-bond acceptors (Lipinski definition) is 4. The Hall–Kier alpha value is -2.86. The predicted octanol–water partition coefficient (Wildman–Crippen LogP) is 5.63. The van der Waals surface area contributed by atoms with E-state index in [2.05, 4.69) is 29.4 Å². The van der Waals surface area contributed by atoms with Crippen LogP contribution in [0.2, 0.25) is 0 Å². The number of hydrogen-bond donors (Lipinski definition) is 4. The van der Waals surface area contributed by atoms with Crippen molar-refractivity contribution in [1.82, 2.24) is 19.9 Å². The Morgan fingerprint density at radius 1 is 0.607 bits per heavy atom. The molecule has 4 rings (SSSR count). The van der Waals surface area contributed by atoms with Crippen LogP contribution >= 0.6 is 24.4 Å². The molecule has 0 aliphatic rings. The molecule has 0 aliphatic heterocycles. The fourth-order valence-electron chi connectivity index (χ4n) is 2.93. The summed E-state index contributed by atoms with van der Waals surface area (Å²) in [6.07, 6.45) is 0. The number of benzene rings is 2. The number of H-pyrrole nitrogens is 4. The molecule has 2 aromatic heterocycles. The van der Waals surface area contributed by atoms with E-state index in [9.17, 15) is 17.6 Å².